The average Bonchev–Trinajstić information content (AvgIpc) is 2.36. The van der Waals surface area contributed by atoms with E-state index in [0.29, 0.717) is 18.7 Å². The summed E-state index contributed by atoms with van der Waals surface area (Å²) in [6, 6.07) is 4.27. The van der Waals surface area contributed by atoms with E-state index in [2.05, 4.69) is 5.32 Å². The summed E-state index contributed by atoms with van der Waals surface area (Å²) >= 11 is 0. The highest BCUT2D eigenvalue weighted by atomic mass is 19.1. The van der Waals surface area contributed by atoms with Gasteiger partial charge in [-0.3, -0.25) is 4.79 Å². The first-order chi connectivity index (χ1) is 9.08. The van der Waals surface area contributed by atoms with E-state index in [1.807, 2.05) is 0 Å². The Balaban J connectivity index is 1.99. The lowest BCUT2D eigenvalue weighted by Crippen LogP contribution is -2.40. The number of halogens is 1. The maximum Gasteiger partial charge on any atom is 0.224 e. The molecule has 0 saturated heterocycles. The average molecular weight is 266 g/mol. The van der Waals surface area contributed by atoms with Gasteiger partial charge in [0, 0.05) is 18.2 Å². The van der Waals surface area contributed by atoms with E-state index in [0.717, 1.165) is 19.3 Å². The molecular formula is C14H19FN2O2. The number of hydrogen-bond acceptors (Lipinski definition) is 3. The third-order valence-corrected chi connectivity index (χ3v) is 3.82. The Morgan fingerprint density at radius 2 is 2.26 bits per heavy atom. The molecule has 1 aromatic rings. The van der Waals surface area contributed by atoms with Crippen LogP contribution in [0.5, 0.6) is 5.75 Å². The summed E-state index contributed by atoms with van der Waals surface area (Å²) in [5, 5.41) is 2.76. The number of benzene rings is 1. The van der Waals surface area contributed by atoms with Crippen molar-refractivity contribution in [3.05, 3.63) is 24.0 Å². The minimum absolute atomic E-state index is 0.0335. The van der Waals surface area contributed by atoms with Crippen molar-refractivity contribution in [1.29, 1.82) is 0 Å². The Bertz CT molecular complexity index is 467. The Labute approximate surface area is 112 Å². The number of hydrogen-bond donors (Lipinski definition) is 2. The van der Waals surface area contributed by atoms with Gasteiger partial charge in [0.15, 0.2) is 11.6 Å². The molecule has 1 aliphatic rings. The van der Waals surface area contributed by atoms with Gasteiger partial charge in [0.05, 0.1) is 7.11 Å². The number of ether oxygens (including phenoxy) is 1. The predicted molar refractivity (Wildman–Crippen MR) is 71.5 cm³/mol. The molecule has 0 heterocycles. The molecule has 4 nitrogen and oxygen atoms in total. The van der Waals surface area contributed by atoms with E-state index in [-0.39, 0.29) is 17.1 Å². The number of amides is 1. The molecule has 0 bridgehead atoms. The van der Waals surface area contributed by atoms with Gasteiger partial charge in [-0.1, -0.05) is 6.42 Å². The van der Waals surface area contributed by atoms with Crippen molar-refractivity contribution in [3.63, 3.8) is 0 Å². The lowest BCUT2D eigenvalue weighted by atomic mass is 9.66. The van der Waals surface area contributed by atoms with Gasteiger partial charge in [-0.2, -0.15) is 0 Å². The molecule has 1 amide bonds. The van der Waals surface area contributed by atoms with E-state index in [4.69, 9.17) is 10.5 Å². The van der Waals surface area contributed by atoms with Crippen LogP contribution in [0.1, 0.15) is 25.7 Å². The van der Waals surface area contributed by atoms with Gasteiger partial charge in [0.25, 0.3) is 0 Å². The highest BCUT2D eigenvalue weighted by molar-refractivity contribution is 5.91. The maximum absolute atomic E-state index is 13.2. The van der Waals surface area contributed by atoms with Crippen LogP contribution < -0.4 is 15.8 Å². The molecule has 1 fully saturated rings. The van der Waals surface area contributed by atoms with Gasteiger partial charge in [-0.05, 0) is 36.9 Å². The second kappa shape index (κ2) is 5.57. The van der Waals surface area contributed by atoms with E-state index in [1.54, 1.807) is 0 Å². The summed E-state index contributed by atoms with van der Waals surface area (Å²) in [4.78, 5) is 12.0. The molecule has 0 spiro atoms. The minimum Gasteiger partial charge on any atom is -0.494 e. The fourth-order valence-electron chi connectivity index (χ4n) is 2.41. The number of carbonyl (C=O) groups is 1. The number of methoxy groups -OCH3 is 1. The van der Waals surface area contributed by atoms with Crippen LogP contribution in [-0.2, 0) is 4.79 Å². The normalized spacial score (nSPS) is 16.6. The number of nitrogens with one attached hydrogen (secondary N) is 1. The molecule has 5 heteroatoms. The zero-order valence-corrected chi connectivity index (χ0v) is 11.0. The van der Waals surface area contributed by atoms with Gasteiger partial charge < -0.3 is 15.8 Å². The molecular weight excluding hydrogens is 247 g/mol. The quantitative estimate of drug-likeness (QED) is 0.859. The first kappa shape index (κ1) is 13.8. The summed E-state index contributed by atoms with van der Waals surface area (Å²) < 4.78 is 18.1. The van der Waals surface area contributed by atoms with Crippen LogP contribution in [0.25, 0.3) is 0 Å². The van der Waals surface area contributed by atoms with Crippen LogP contribution >= 0.6 is 0 Å². The monoisotopic (exact) mass is 266 g/mol. The van der Waals surface area contributed by atoms with E-state index >= 15 is 0 Å². The van der Waals surface area contributed by atoms with Crippen molar-refractivity contribution in [2.24, 2.45) is 11.1 Å². The zero-order valence-electron chi connectivity index (χ0n) is 11.0. The number of nitrogens with two attached hydrogens (primary N) is 1. The number of anilines is 1. The van der Waals surface area contributed by atoms with Crippen LogP contribution in [0.2, 0.25) is 0 Å². The molecule has 1 aliphatic carbocycles. The fraction of sp³-hybridized carbons (Fsp3) is 0.500. The second-order valence-corrected chi connectivity index (χ2v) is 5.13. The minimum atomic E-state index is -0.446. The van der Waals surface area contributed by atoms with Gasteiger partial charge in [-0.25, -0.2) is 4.39 Å². The van der Waals surface area contributed by atoms with Crippen molar-refractivity contribution in [2.45, 2.75) is 25.7 Å². The summed E-state index contributed by atoms with van der Waals surface area (Å²) in [5.74, 6) is -0.410. The Morgan fingerprint density at radius 3 is 2.79 bits per heavy atom. The summed E-state index contributed by atoms with van der Waals surface area (Å²) in [6.07, 6.45) is 3.56. The summed E-state index contributed by atoms with van der Waals surface area (Å²) in [5.41, 5.74) is 6.23. The van der Waals surface area contributed by atoms with Gasteiger partial charge in [0.1, 0.15) is 0 Å². The summed E-state index contributed by atoms with van der Waals surface area (Å²) in [6.45, 7) is 0.535. The van der Waals surface area contributed by atoms with Crippen LogP contribution in [0.4, 0.5) is 10.1 Å². The highest BCUT2D eigenvalue weighted by Gasteiger charge is 2.37. The molecule has 0 radical (unpaired) electrons. The highest BCUT2D eigenvalue weighted by Crippen LogP contribution is 2.43. The molecule has 0 atom stereocenters. The van der Waals surface area contributed by atoms with Gasteiger partial charge in [-0.15, -0.1) is 0 Å². The maximum atomic E-state index is 13.2. The number of carbonyl (C=O) groups excluding carboxylic acids is 1. The molecule has 0 unspecified atom stereocenters. The van der Waals surface area contributed by atoms with E-state index in [9.17, 15) is 9.18 Å². The van der Waals surface area contributed by atoms with Crippen molar-refractivity contribution in [3.8, 4) is 5.75 Å². The molecule has 19 heavy (non-hydrogen) atoms. The third kappa shape index (κ3) is 3.04. The third-order valence-electron chi connectivity index (χ3n) is 3.82. The molecule has 0 aromatic heterocycles. The molecule has 0 aliphatic heterocycles. The second-order valence-electron chi connectivity index (χ2n) is 5.13. The molecule has 3 N–H and O–H groups in total. The Morgan fingerprint density at radius 1 is 1.53 bits per heavy atom. The van der Waals surface area contributed by atoms with E-state index < -0.39 is 5.82 Å². The first-order valence-electron chi connectivity index (χ1n) is 6.42. The lowest BCUT2D eigenvalue weighted by molar-refractivity contribution is -0.119. The topological polar surface area (TPSA) is 64.3 Å². The van der Waals surface area contributed by atoms with Crippen molar-refractivity contribution in [1.82, 2.24) is 0 Å². The standard InChI is InChI=1S/C14H19FN2O2/c1-19-12-7-10(3-4-11(12)15)17-13(18)8-14(9-16)5-2-6-14/h3-4,7H,2,5-6,8-9,16H2,1H3,(H,17,18). The molecule has 104 valence electrons. The lowest BCUT2D eigenvalue weighted by Gasteiger charge is -2.40. The molecule has 1 saturated carbocycles. The van der Waals surface area contributed by atoms with Crippen LogP contribution in [-0.4, -0.2) is 19.6 Å². The Hall–Kier alpha value is -1.62. The van der Waals surface area contributed by atoms with Crippen molar-refractivity contribution in [2.75, 3.05) is 19.0 Å². The predicted octanol–water partition coefficient (Wildman–Crippen LogP) is 2.29. The van der Waals surface area contributed by atoms with Gasteiger partial charge >= 0.3 is 0 Å². The van der Waals surface area contributed by atoms with E-state index in [1.165, 1.54) is 25.3 Å². The fourth-order valence-corrected chi connectivity index (χ4v) is 2.41. The largest absolute Gasteiger partial charge is 0.494 e. The zero-order chi connectivity index (χ0) is 13.9. The Kier molecular flexibility index (Phi) is 4.04. The smallest absolute Gasteiger partial charge is 0.224 e. The SMILES string of the molecule is COc1cc(NC(=O)CC2(CN)CCC2)ccc1F. The van der Waals surface area contributed by atoms with Crippen LogP contribution in [0.15, 0.2) is 18.2 Å². The van der Waals surface area contributed by atoms with Crippen molar-refractivity contribution >= 4 is 11.6 Å². The first-order valence-corrected chi connectivity index (χ1v) is 6.42. The van der Waals surface area contributed by atoms with Gasteiger partial charge in [0.2, 0.25) is 5.91 Å². The number of rotatable bonds is 5. The summed E-state index contributed by atoms with van der Waals surface area (Å²) in [7, 11) is 1.39. The van der Waals surface area contributed by atoms with Crippen LogP contribution in [0, 0.1) is 11.2 Å². The molecule has 2 rings (SSSR count). The molecule has 1 aromatic carbocycles. The van der Waals surface area contributed by atoms with Crippen molar-refractivity contribution < 1.29 is 13.9 Å². The van der Waals surface area contributed by atoms with Crippen LogP contribution in [0.3, 0.4) is 0 Å².